The topological polar surface area (TPSA) is 23.5 Å². The molecule has 0 amide bonds. The van der Waals surface area contributed by atoms with Gasteiger partial charge in [-0.05, 0) is 66.2 Å². The molecule has 1 aliphatic heterocycles. The molecule has 0 aromatic heterocycles. The van der Waals surface area contributed by atoms with Crippen LogP contribution in [0.15, 0.2) is 54.6 Å². The first-order valence-electron chi connectivity index (χ1n) is 9.72. The van der Waals surface area contributed by atoms with Crippen LogP contribution in [0.3, 0.4) is 0 Å². The van der Waals surface area contributed by atoms with Gasteiger partial charge in [0.1, 0.15) is 5.75 Å². The summed E-state index contributed by atoms with van der Waals surface area (Å²) in [5.74, 6) is 3.58. The Morgan fingerprint density at radius 1 is 0.960 bits per heavy atom. The first-order chi connectivity index (χ1) is 12.2. The number of nitrogens with zero attached hydrogens (tertiary/aromatic N) is 1. The molecule has 25 heavy (non-hydrogen) atoms. The third kappa shape index (κ3) is 3.90. The summed E-state index contributed by atoms with van der Waals surface area (Å²) in [6.07, 6.45) is 4.07. The standard InChI is InChI=1S/C23H29NO/c1-17(20-7-9-23(25)10-8-20)14-24-15-21-12-19(13-22(21)16-24)11-18-5-3-2-4-6-18/h2-10,17,19,21-22,25H,11-16H2,1H3/t17?,19-,21+,22-. The summed E-state index contributed by atoms with van der Waals surface area (Å²) < 4.78 is 0. The fourth-order valence-corrected chi connectivity index (χ4v) is 5.08. The van der Waals surface area contributed by atoms with Crippen molar-refractivity contribution in [1.29, 1.82) is 0 Å². The second kappa shape index (κ2) is 7.21. The molecule has 2 nitrogen and oxygen atoms in total. The van der Waals surface area contributed by atoms with Crippen LogP contribution in [0, 0.1) is 17.8 Å². The second-order valence-corrected chi connectivity index (χ2v) is 8.26. The Balaban J connectivity index is 1.28. The Morgan fingerprint density at radius 3 is 2.24 bits per heavy atom. The van der Waals surface area contributed by atoms with Crippen LogP contribution in [0.1, 0.15) is 36.8 Å². The van der Waals surface area contributed by atoms with Crippen LogP contribution < -0.4 is 0 Å². The highest BCUT2D eigenvalue weighted by Gasteiger charge is 2.40. The molecule has 4 atom stereocenters. The van der Waals surface area contributed by atoms with Crippen molar-refractivity contribution in [3.8, 4) is 5.75 Å². The number of likely N-dealkylation sites (tertiary alicyclic amines) is 1. The van der Waals surface area contributed by atoms with Crippen LogP contribution in [0.2, 0.25) is 0 Å². The van der Waals surface area contributed by atoms with Gasteiger partial charge < -0.3 is 10.0 Å². The van der Waals surface area contributed by atoms with Crippen LogP contribution in [0.5, 0.6) is 5.75 Å². The third-order valence-corrected chi connectivity index (χ3v) is 6.29. The van der Waals surface area contributed by atoms with Crippen molar-refractivity contribution in [2.45, 2.75) is 32.1 Å². The smallest absolute Gasteiger partial charge is 0.115 e. The first-order valence-corrected chi connectivity index (χ1v) is 9.72. The molecular formula is C23H29NO. The average molecular weight is 335 g/mol. The lowest BCUT2D eigenvalue weighted by molar-refractivity contribution is 0.284. The van der Waals surface area contributed by atoms with Gasteiger partial charge in [0.15, 0.2) is 0 Å². The summed E-state index contributed by atoms with van der Waals surface area (Å²) in [4.78, 5) is 2.67. The molecule has 0 bridgehead atoms. The van der Waals surface area contributed by atoms with E-state index in [9.17, 15) is 5.11 Å². The fourth-order valence-electron chi connectivity index (χ4n) is 5.08. The van der Waals surface area contributed by atoms with E-state index in [0.29, 0.717) is 11.7 Å². The zero-order valence-corrected chi connectivity index (χ0v) is 15.1. The maximum atomic E-state index is 9.45. The highest BCUT2D eigenvalue weighted by molar-refractivity contribution is 5.28. The van der Waals surface area contributed by atoms with Crippen molar-refractivity contribution < 1.29 is 5.11 Å². The Morgan fingerprint density at radius 2 is 1.60 bits per heavy atom. The monoisotopic (exact) mass is 335 g/mol. The number of rotatable bonds is 5. The molecule has 0 spiro atoms. The molecule has 1 heterocycles. The van der Waals surface area contributed by atoms with E-state index < -0.39 is 0 Å². The summed E-state index contributed by atoms with van der Waals surface area (Å²) in [5.41, 5.74) is 2.84. The van der Waals surface area contributed by atoms with E-state index in [-0.39, 0.29) is 0 Å². The van der Waals surface area contributed by atoms with E-state index in [4.69, 9.17) is 0 Å². The van der Waals surface area contributed by atoms with Crippen molar-refractivity contribution in [3.63, 3.8) is 0 Å². The van der Waals surface area contributed by atoms with Gasteiger partial charge in [-0.15, -0.1) is 0 Å². The average Bonchev–Trinajstić information content (AvgIpc) is 3.14. The van der Waals surface area contributed by atoms with Crippen LogP contribution in [-0.4, -0.2) is 29.6 Å². The van der Waals surface area contributed by atoms with Gasteiger partial charge in [-0.1, -0.05) is 49.4 Å². The Kier molecular flexibility index (Phi) is 4.80. The molecule has 1 aliphatic carbocycles. The SMILES string of the molecule is CC(CN1C[C@H]2C[C@H](Cc3ccccc3)C[C@H]2C1)c1ccc(O)cc1. The lowest BCUT2D eigenvalue weighted by Gasteiger charge is -2.23. The van der Waals surface area contributed by atoms with E-state index in [1.165, 1.54) is 43.5 Å². The summed E-state index contributed by atoms with van der Waals surface area (Å²) in [5, 5.41) is 9.45. The van der Waals surface area contributed by atoms with Gasteiger partial charge in [-0.25, -0.2) is 0 Å². The summed E-state index contributed by atoms with van der Waals surface area (Å²) in [6, 6.07) is 18.7. The lowest BCUT2D eigenvalue weighted by atomic mass is 9.96. The summed E-state index contributed by atoms with van der Waals surface area (Å²) in [7, 11) is 0. The second-order valence-electron chi connectivity index (χ2n) is 8.26. The van der Waals surface area contributed by atoms with Crippen LogP contribution in [0.4, 0.5) is 0 Å². The number of hydrogen-bond donors (Lipinski definition) is 1. The van der Waals surface area contributed by atoms with Gasteiger partial charge in [0.25, 0.3) is 0 Å². The molecule has 1 unspecified atom stereocenters. The molecule has 2 fully saturated rings. The number of benzene rings is 2. The molecule has 1 saturated heterocycles. The number of aromatic hydroxyl groups is 1. The molecule has 1 N–H and O–H groups in total. The van der Waals surface area contributed by atoms with Gasteiger partial charge in [0.05, 0.1) is 0 Å². The van der Waals surface area contributed by atoms with Crippen molar-refractivity contribution in [2.75, 3.05) is 19.6 Å². The molecule has 2 aromatic rings. The Bertz CT molecular complexity index is 667. The maximum absolute atomic E-state index is 9.45. The fraction of sp³-hybridized carbons (Fsp3) is 0.478. The number of fused-ring (bicyclic) bond motifs is 1. The van der Waals surface area contributed by atoms with Crippen molar-refractivity contribution in [2.24, 2.45) is 17.8 Å². The molecule has 132 valence electrons. The summed E-state index contributed by atoms with van der Waals surface area (Å²) in [6.45, 7) is 6.00. The van der Waals surface area contributed by atoms with Crippen LogP contribution in [0.25, 0.3) is 0 Å². The third-order valence-electron chi connectivity index (χ3n) is 6.29. The highest BCUT2D eigenvalue weighted by Crippen LogP contribution is 2.43. The Labute approximate surface area is 151 Å². The first kappa shape index (κ1) is 16.7. The quantitative estimate of drug-likeness (QED) is 0.856. The lowest BCUT2D eigenvalue weighted by Crippen LogP contribution is -2.27. The molecule has 2 heteroatoms. The van der Waals surface area contributed by atoms with E-state index >= 15 is 0 Å². The molecule has 2 aromatic carbocycles. The Hall–Kier alpha value is -1.80. The minimum atomic E-state index is 0.358. The maximum Gasteiger partial charge on any atom is 0.115 e. The van der Waals surface area contributed by atoms with Crippen LogP contribution in [-0.2, 0) is 6.42 Å². The van der Waals surface area contributed by atoms with Crippen molar-refractivity contribution >= 4 is 0 Å². The van der Waals surface area contributed by atoms with Crippen LogP contribution >= 0.6 is 0 Å². The molecule has 0 radical (unpaired) electrons. The van der Waals surface area contributed by atoms with E-state index in [1.807, 2.05) is 0 Å². The molecule has 4 rings (SSSR count). The highest BCUT2D eigenvalue weighted by atomic mass is 16.3. The number of phenols is 1. The van der Waals surface area contributed by atoms with Crippen molar-refractivity contribution in [1.82, 2.24) is 4.90 Å². The zero-order valence-electron chi connectivity index (χ0n) is 15.1. The van der Waals surface area contributed by atoms with Crippen molar-refractivity contribution in [3.05, 3.63) is 65.7 Å². The largest absolute Gasteiger partial charge is 0.508 e. The van der Waals surface area contributed by atoms with E-state index in [0.717, 1.165) is 24.3 Å². The predicted octanol–water partition coefficient (Wildman–Crippen LogP) is 4.70. The van der Waals surface area contributed by atoms with E-state index in [2.05, 4.69) is 54.3 Å². The van der Waals surface area contributed by atoms with Gasteiger partial charge in [0.2, 0.25) is 0 Å². The van der Waals surface area contributed by atoms with E-state index in [1.54, 1.807) is 12.1 Å². The molecular weight excluding hydrogens is 306 g/mol. The van der Waals surface area contributed by atoms with Gasteiger partial charge in [-0.3, -0.25) is 0 Å². The number of hydrogen-bond acceptors (Lipinski definition) is 2. The zero-order chi connectivity index (χ0) is 17.2. The minimum absolute atomic E-state index is 0.358. The molecule has 2 aliphatic rings. The van der Waals surface area contributed by atoms with Gasteiger partial charge >= 0.3 is 0 Å². The summed E-state index contributed by atoms with van der Waals surface area (Å²) >= 11 is 0. The van der Waals surface area contributed by atoms with Gasteiger partial charge in [-0.2, -0.15) is 0 Å². The van der Waals surface area contributed by atoms with Gasteiger partial charge in [0, 0.05) is 19.6 Å². The minimum Gasteiger partial charge on any atom is -0.508 e. The normalized spacial score (nSPS) is 27.3. The number of phenolic OH excluding ortho intramolecular Hbond substituents is 1. The predicted molar refractivity (Wildman–Crippen MR) is 103 cm³/mol. The molecule has 1 saturated carbocycles.